The van der Waals surface area contributed by atoms with Crippen molar-refractivity contribution in [1.29, 1.82) is 0 Å². The molecule has 1 amide bonds. The van der Waals surface area contributed by atoms with Gasteiger partial charge in [-0.25, -0.2) is 4.39 Å². The quantitative estimate of drug-likeness (QED) is 0.626. The summed E-state index contributed by atoms with van der Waals surface area (Å²) in [6.45, 7) is 0. The molecule has 0 unspecified atom stereocenters. The van der Waals surface area contributed by atoms with Crippen molar-refractivity contribution in [3.63, 3.8) is 0 Å². The Labute approximate surface area is 162 Å². The second kappa shape index (κ2) is 6.90. The van der Waals surface area contributed by atoms with Crippen molar-refractivity contribution in [2.45, 2.75) is 0 Å². The number of thiazole rings is 1. The molecule has 0 saturated heterocycles. The summed E-state index contributed by atoms with van der Waals surface area (Å²) in [6, 6.07) is 12.8. The van der Waals surface area contributed by atoms with Gasteiger partial charge in [-0.15, -0.1) is 0 Å². The summed E-state index contributed by atoms with van der Waals surface area (Å²) in [6.07, 6.45) is 3.49. The molecule has 1 aromatic heterocycles. The summed E-state index contributed by atoms with van der Waals surface area (Å²) in [5.41, 5.74) is 5.43. The standard InChI is InChI=1S/C19H12FN3O2S2/c20-13-7-5-11(6-8-13)17(24)22-23-18(25)16(27-19(23)26)9-12-10-21-15-4-2-1-3-14(12)15/h1-10,25H,(H,22,24). The monoisotopic (exact) mass is 397 g/mol. The van der Waals surface area contributed by atoms with Crippen LogP contribution in [0.25, 0.3) is 11.6 Å². The molecule has 1 aliphatic rings. The minimum absolute atomic E-state index is 0.175. The summed E-state index contributed by atoms with van der Waals surface area (Å²) in [4.78, 5) is 17.1. The van der Waals surface area contributed by atoms with Crippen molar-refractivity contribution in [3.05, 3.63) is 74.3 Å². The van der Waals surface area contributed by atoms with Gasteiger partial charge in [0.1, 0.15) is 5.82 Å². The smallest absolute Gasteiger partial charge is 0.270 e. The highest BCUT2D eigenvalue weighted by Crippen LogP contribution is 2.35. The van der Waals surface area contributed by atoms with Crippen molar-refractivity contribution < 1.29 is 14.3 Å². The maximum Gasteiger partial charge on any atom is 0.270 e. The van der Waals surface area contributed by atoms with Gasteiger partial charge in [0.2, 0.25) is 5.88 Å². The van der Waals surface area contributed by atoms with E-state index >= 15 is 0 Å². The molecule has 1 aliphatic heterocycles. The fraction of sp³-hybridized carbons (Fsp3) is 0. The summed E-state index contributed by atoms with van der Waals surface area (Å²) in [7, 11) is 0. The van der Waals surface area contributed by atoms with Gasteiger partial charge in [0, 0.05) is 22.9 Å². The average Bonchev–Trinajstić information content (AvgIpc) is 3.19. The number of halogens is 1. The Morgan fingerprint density at radius 2 is 1.96 bits per heavy atom. The van der Waals surface area contributed by atoms with E-state index in [2.05, 4.69) is 10.4 Å². The Hall–Kier alpha value is -3.10. The van der Waals surface area contributed by atoms with E-state index in [-0.39, 0.29) is 15.4 Å². The average molecular weight is 397 g/mol. The normalized spacial score (nSPS) is 13.7. The van der Waals surface area contributed by atoms with E-state index in [9.17, 15) is 14.3 Å². The Morgan fingerprint density at radius 3 is 2.74 bits per heavy atom. The first kappa shape index (κ1) is 17.3. The van der Waals surface area contributed by atoms with Crippen molar-refractivity contribution in [2.75, 3.05) is 5.43 Å². The van der Waals surface area contributed by atoms with Crippen LogP contribution in [0.15, 0.2) is 53.5 Å². The summed E-state index contributed by atoms with van der Waals surface area (Å²) < 4.78 is 14.4. The van der Waals surface area contributed by atoms with E-state index < -0.39 is 11.7 Å². The number of rotatable bonds is 3. The molecule has 3 aromatic rings. The third-order valence-corrected chi connectivity index (χ3v) is 5.29. The van der Waals surface area contributed by atoms with E-state index in [4.69, 9.17) is 12.2 Å². The number of aromatic nitrogens is 1. The zero-order chi connectivity index (χ0) is 19.0. The predicted octanol–water partition coefficient (Wildman–Crippen LogP) is 4.76. The third kappa shape index (κ3) is 3.32. The van der Waals surface area contributed by atoms with Crippen LogP contribution in [-0.2, 0) is 0 Å². The van der Waals surface area contributed by atoms with Crippen molar-refractivity contribution in [3.8, 4) is 5.88 Å². The van der Waals surface area contributed by atoms with Crippen LogP contribution in [0.1, 0.15) is 20.8 Å². The fourth-order valence-corrected chi connectivity index (χ4v) is 3.82. The van der Waals surface area contributed by atoms with Gasteiger partial charge in [-0.3, -0.25) is 15.2 Å². The van der Waals surface area contributed by atoms with Crippen LogP contribution < -0.4 is 5.43 Å². The fourth-order valence-electron chi connectivity index (χ4n) is 2.64. The van der Waals surface area contributed by atoms with E-state index in [0.717, 1.165) is 32.8 Å². The van der Waals surface area contributed by atoms with Gasteiger partial charge < -0.3 is 5.11 Å². The van der Waals surface area contributed by atoms with Gasteiger partial charge in [-0.1, -0.05) is 29.5 Å². The predicted molar refractivity (Wildman–Crippen MR) is 107 cm³/mol. The number of allylic oxidation sites excluding steroid dienone is 1. The van der Waals surface area contributed by atoms with Gasteiger partial charge in [-0.05, 0) is 48.6 Å². The second-order valence-corrected chi connectivity index (χ2v) is 7.39. The van der Waals surface area contributed by atoms with E-state index in [0.29, 0.717) is 4.88 Å². The van der Waals surface area contributed by atoms with Crippen LogP contribution in [0, 0.1) is 9.77 Å². The maximum absolute atomic E-state index is 13.0. The molecule has 134 valence electrons. The molecule has 0 spiro atoms. The molecule has 2 heterocycles. The van der Waals surface area contributed by atoms with E-state index in [1.165, 1.54) is 24.3 Å². The van der Waals surface area contributed by atoms with Gasteiger partial charge in [0.25, 0.3) is 5.91 Å². The molecule has 2 N–H and O–H groups in total. The number of nitrogens with zero attached hydrogens (tertiary/aromatic N) is 2. The lowest BCUT2D eigenvalue weighted by Crippen LogP contribution is -2.22. The Balaban J connectivity index is 1.64. The van der Waals surface area contributed by atoms with Crippen molar-refractivity contribution in [2.24, 2.45) is 4.99 Å². The number of aromatic hydroxyl groups is 1. The first-order valence-electron chi connectivity index (χ1n) is 7.90. The van der Waals surface area contributed by atoms with Crippen LogP contribution in [-0.4, -0.2) is 21.9 Å². The Kier molecular flexibility index (Phi) is 4.43. The lowest BCUT2D eigenvalue weighted by Gasteiger charge is -2.07. The van der Waals surface area contributed by atoms with Gasteiger partial charge in [0.15, 0.2) is 3.95 Å². The lowest BCUT2D eigenvalue weighted by molar-refractivity contribution is 0.101. The highest BCUT2D eigenvalue weighted by molar-refractivity contribution is 7.73. The molecule has 4 rings (SSSR count). The number of nitrogens with one attached hydrogen (secondary N) is 1. The molecule has 2 aromatic carbocycles. The number of carbonyl (C=O) groups excluding carboxylic acids is 1. The zero-order valence-corrected chi connectivity index (χ0v) is 15.4. The SMILES string of the molecule is O=C(Nn1c(O)c(C=C2C=Nc3ccccc32)sc1=S)c1ccc(F)cc1. The molecule has 0 atom stereocenters. The number of para-hydroxylation sites is 1. The van der Waals surface area contributed by atoms with Crippen LogP contribution in [0.4, 0.5) is 10.1 Å². The number of hydrogen-bond acceptors (Lipinski definition) is 5. The van der Waals surface area contributed by atoms with Gasteiger partial charge in [-0.2, -0.15) is 4.68 Å². The first-order chi connectivity index (χ1) is 13.0. The van der Waals surface area contributed by atoms with Crippen LogP contribution in [0.5, 0.6) is 5.88 Å². The Morgan fingerprint density at radius 1 is 1.22 bits per heavy atom. The molecular formula is C19H12FN3O2S2. The third-order valence-electron chi connectivity index (χ3n) is 3.98. The molecule has 27 heavy (non-hydrogen) atoms. The molecule has 0 saturated carbocycles. The number of fused-ring (bicyclic) bond motifs is 1. The highest BCUT2D eigenvalue weighted by Gasteiger charge is 2.17. The molecule has 5 nitrogen and oxygen atoms in total. The highest BCUT2D eigenvalue weighted by atomic mass is 32.1. The molecule has 8 heteroatoms. The number of benzene rings is 2. The van der Waals surface area contributed by atoms with Crippen LogP contribution in [0.2, 0.25) is 0 Å². The number of carbonyl (C=O) groups is 1. The second-order valence-electron chi connectivity index (χ2n) is 5.71. The maximum atomic E-state index is 13.0. The summed E-state index contributed by atoms with van der Waals surface area (Å²) >= 11 is 6.41. The molecule has 0 radical (unpaired) electrons. The van der Waals surface area contributed by atoms with Crippen molar-refractivity contribution in [1.82, 2.24) is 4.68 Å². The summed E-state index contributed by atoms with van der Waals surface area (Å²) in [5, 5.41) is 10.5. The lowest BCUT2D eigenvalue weighted by atomic mass is 10.1. The topological polar surface area (TPSA) is 66.6 Å². The summed E-state index contributed by atoms with van der Waals surface area (Å²) in [5.74, 6) is -1.12. The van der Waals surface area contributed by atoms with Crippen molar-refractivity contribution >= 4 is 53.0 Å². The van der Waals surface area contributed by atoms with Crippen LogP contribution >= 0.6 is 23.6 Å². The minimum Gasteiger partial charge on any atom is -0.492 e. The number of aliphatic imine (C=N–C) groups is 1. The number of hydrogen-bond donors (Lipinski definition) is 2. The van der Waals surface area contributed by atoms with E-state index in [1.54, 1.807) is 12.3 Å². The Bertz CT molecular complexity index is 1160. The minimum atomic E-state index is -0.508. The van der Waals surface area contributed by atoms with Gasteiger partial charge >= 0.3 is 0 Å². The largest absolute Gasteiger partial charge is 0.492 e. The molecular weight excluding hydrogens is 385 g/mol. The molecule has 0 aliphatic carbocycles. The van der Waals surface area contributed by atoms with Gasteiger partial charge in [0.05, 0.1) is 10.6 Å². The van der Waals surface area contributed by atoms with Crippen LogP contribution in [0.3, 0.4) is 0 Å². The van der Waals surface area contributed by atoms with E-state index in [1.807, 2.05) is 24.3 Å². The zero-order valence-electron chi connectivity index (χ0n) is 13.7. The molecule has 0 bridgehead atoms. The molecule has 0 fully saturated rings. The number of amides is 1. The first-order valence-corrected chi connectivity index (χ1v) is 9.12.